The molecule has 11 nitrogen and oxygen atoms in total. The number of likely N-dealkylation sites (tertiary alicyclic amines) is 1. The number of piperidine rings is 1. The van der Waals surface area contributed by atoms with Crippen molar-refractivity contribution >= 4 is 33.9 Å². The third-order valence-electron chi connectivity index (χ3n) is 7.71. The molecule has 0 saturated carbocycles. The molecule has 0 unspecified atom stereocenters. The minimum Gasteiger partial charge on any atom is -0.294 e. The number of allylic oxidation sites excluding steroid dienone is 1. The Morgan fingerprint density at radius 1 is 0.894 bits per heavy atom. The first-order valence-corrected chi connectivity index (χ1v) is 17.7. The van der Waals surface area contributed by atoms with Gasteiger partial charge in [0.2, 0.25) is 11.8 Å². The molecule has 0 bridgehead atoms. The van der Waals surface area contributed by atoms with Crippen molar-refractivity contribution in [3.8, 4) is 0 Å². The molecule has 260 valence electrons. The van der Waals surface area contributed by atoms with Gasteiger partial charge >= 0.3 is 0 Å². The molecular formula is C35H52N4O7S. The van der Waals surface area contributed by atoms with Gasteiger partial charge in [-0.25, -0.2) is 5.48 Å². The standard InChI is InChI=1S/C28H44N4O4.C7H8O3S/c1-21(2)18-25(24(28(35)30-36)15-11-14-23-12-7-5-8-13-23)27(34)29-32(19-22(3)4)26(33)20-31-16-9-6-10-17-31;1-6-2-4-7(5-3-6)11(8,9)10/h5,7-8,11-14,21-22,24-25,36H,6,9-10,15-20H2,1-4H3,(H,29,34)(H,30,35);2-5H,1H3,(H,8,9,10)/t24-,25+;/m0./s1. The molecule has 0 aliphatic carbocycles. The van der Waals surface area contributed by atoms with Crippen LogP contribution in [0.1, 0.15) is 70.9 Å². The van der Waals surface area contributed by atoms with E-state index in [1.165, 1.54) is 23.6 Å². The second-order valence-electron chi connectivity index (χ2n) is 12.9. The number of nitrogens with one attached hydrogen (secondary N) is 2. The largest absolute Gasteiger partial charge is 0.294 e. The Morgan fingerprint density at radius 3 is 2.04 bits per heavy atom. The van der Waals surface area contributed by atoms with Gasteiger partial charge in [0.15, 0.2) is 0 Å². The quantitative estimate of drug-likeness (QED) is 0.130. The topological polar surface area (TPSA) is 156 Å². The van der Waals surface area contributed by atoms with Gasteiger partial charge in [-0.05, 0) is 75.2 Å². The van der Waals surface area contributed by atoms with Crippen LogP contribution in [0.15, 0.2) is 65.6 Å². The number of rotatable bonds is 13. The van der Waals surface area contributed by atoms with Crippen molar-refractivity contribution in [2.75, 3.05) is 26.2 Å². The molecule has 1 saturated heterocycles. The van der Waals surface area contributed by atoms with Crippen molar-refractivity contribution in [2.24, 2.45) is 23.7 Å². The normalized spacial score (nSPS) is 15.1. The van der Waals surface area contributed by atoms with Gasteiger partial charge in [0.25, 0.3) is 16.0 Å². The zero-order valence-electron chi connectivity index (χ0n) is 28.3. The lowest BCUT2D eigenvalue weighted by Crippen LogP contribution is -2.54. The molecule has 2 aromatic carbocycles. The van der Waals surface area contributed by atoms with Crippen molar-refractivity contribution in [1.29, 1.82) is 0 Å². The number of nitrogens with zero attached hydrogens (tertiary/aromatic N) is 2. The number of carbonyl (C=O) groups is 3. The minimum atomic E-state index is -4.02. The maximum atomic E-state index is 13.6. The zero-order chi connectivity index (χ0) is 35.0. The number of amides is 3. The highest BCUT2D eigenvalue weighted by Crippen LogP contribution is 2.26. The van der Waals surface area contributed by atoms with Crippen LogP contribution in [0.4, 0.5) is 0 Å². The monoisotopic (exact) mass is 672 g/mol. The molecule has 0 aromatic heterocycles. The molecule has 4 N–H and O–H groups in total. The molecule has 3 amide bonds. The summed E-state index contributed by atoms with van der Waals surface area (Å²) in [7, 11) is -4.02. The average Bonchev–Trinajstić information content (AvgIpc) is 3.02. The van der Waals surface area contributed by atoms with Crippen LogP contribution in [-0.4, -0.2) is 72.0 Å². The summed E-state index contributed by atoms with van der Waals surface area (Å²) in [4.78, 5) is 41.5. The summed E-state index contributed by atoms with van der Waals surface area (Å²) in [5, 5.41) is 10.9. The fourth-order valence-corrected chi connectivity index (χ4v) is 5.79. The number of hydrogen-bond acceptors (Lipinski definition) is 7. The van der Waals surface area contributed by atoms with Gasteiger partial charge in [-0.3, -0.25) is 39.5 Å². The molecule has 3 rings (SSSR count). The lowest BCUT2D eigenvalue weighted by atomic mass is 9.82. The van der Waals surface area contributed by atoms with Gasteiger partial charge in [-0.2, -0.15) is 8.42 Å². The first-order chi connectivity index (χ1) is 22.2. The van der Waals surface area contributed by atoms with Gasteiger partial charge in [0, 0.05) is 6.54 Å². The van der Waals surface area contributed by atoms with Crippen molar-refractivity contribution < 1.29 is 32.6 Å². The van der Waals surface area contributed by atoms with Crippen molar-refractivity contribution in [3.05, 3.63) is 71.8 Å². The molecule has 1 fully saturated rings. The van der Waals surface area contributed by atoms with Crippen LogP contribution >= 0.6 is 0 Å². The summed E-state index contributed by atoms with van der Waals surface area (Å²) in [6, 6.07) is 15.7. The van der Waals surface area contributed by atoms with Crippen LogP contribution < -0.4 is 10.9 Å². The number of aryl methyl sites for hydroxylation is 1. The van der Waals surface area contributed by atoms with E-state index in [9.17, 15) is 28.0 Å². The Morgan fingerprint density at radius 2 is 1.51 bits per heavy atom. The molecule has 1 heterocycles. The Balaban J connectivity index is 0.000000587. The third-order valence-corrected chi connectivity index (χ3v) is 8.58. The average molecular weight is 673 g/mol. The van der Waals surface area contributed by atoms with Gasteiger partial charge in [-0.15, -0.1) is 0 Å². The number of hydrogen-bond donors (Lipinski definition) is 4. The smallest absolute Gasteiger partial charge is 0.294 e. The number of benzene rings is 2. The molecule has 1 aliphatic heterocycles. The first kappa shape index (κ1) is 39.6. The molecule has 47 heavy (non-hydrogen) atoms. The van der Waals surface area contributed by atoms with Gasteiger partial charge in [0.05, 0.1) is 23.3 Å². The highest BCUT2D eigenvalue weighted by Gasteiger charge is 2.35. The van der Waals surface area contributed by atoms with Gasteiger partial charge in [0.1, 0.15) is 0 Å². The Hall–Kier alpha value is -3.58. The summed E-state index contributed by atoms with van der Waals surface area (Å²) in [6.45, 7) is 12.2. The van der Waals surface area contributed by atoms with E-state index in [0.29, 0.717) is 13.0 Å². The summed E-state index contributed by atoms with van der Waals surface area (Å²) in [6.07, 6.45) is 7.81. The summed E-state index contributed by atoms with van der Waals surface area (Å²) in [5.74, 6) is -2.33. The van der Waals surface area contributed by atoms with Gasteiger partial charge in [-0.1, -0.05) is 94.3 Å². The van der Waals surface area contributed by atoms with Crippen molar-refractivity contribution in [3.63, 3.8) is 0 Å². The maximum Gasteiger partial charge on any atom is 0.294 e. The summed E-state index contributed by atoms with van der Waals surface area (Å²) >= 11 is 0. The van der Waals surface area contributed by atoms with Crippen LogP contribution in [-0.2, 0) is 24.5 Å². The predicted molar refractivity (Wildman–Crippen MR) is 182 cm³/mol. The van der Waals surface area contributed by atoms with E-state index in [1.807, 2.05) is 77.1 Å². The Bertz CT molecular complexity index is 1390. The molecular weight excluding hydrogens is 620 g/mol. The third kappa shape index (κ3) is 14.8. The van der Waals surface area contributed by atoms with E-state index in [1.54, 1.807) is 17.6 Å². The van der Waals surface area contributed by atoms with Gasteiger partial charge < -0.3 is 0 Å². The maximum absolute atomic E-state index is 13.6. The van der Waals surface area contributed by atoms with E-state index in [0.717, 1.165) is 37.1 Å². The summed E-state index contributed by atoms with van der Waals surface area (Å²) in [5.41, 5.74) is 6.53. The second-order valence-corrected chi connectivity index (χ2v) is 14.3. The fraction of sp³-hybridized carbons (Fsp3) is 0.514. The highest BCUT2D eigenvalue weighted by molar-refractivity contribution is 7.85. The lowest BCUT2D eigenvalue weighted by Gasteiger charge is -2.33. The Labute approximate surface area is 280 Å². The molecule has 12 heteroatoms. The van der Waals surface area contributed by atoms with E-state index >= 15 is 0 Å². The zero-order valence-corrected chi connectivity index (χ0v) is 29.1. The van der Waals surface area contributed by atoms with E-state index in [2.05, 4.69) is 10.3 Å². The minimum absolute atomic E-state index is 0.0666. The second kappa shape index (κ2) is 19.9. The van der Waals surface area contributed by atoms with Crippen LogP contribution in [0, 0.1) is 30.6 Å². The lowest BCUT2D eigenvalue weighted by molar-refractivity contribution is -0.148. The number of hydrazine groups is 1. The fourth-order valence-electron chi connectivity index (χ4n) is 5.31. The van der Waals surface area contributed by atoms with E-state index in [4.69, 9.17) is 4.55 Å². The van der Waals surface area contributed by atoms with Crippen LogP contribution in [0.25, 0.3) is 6.08 Å². The van der Waals surface area contributed by atoms with Crippen molar-refractivity contribution in [1.82, 2.24) is 20.8 Å². The summed E-state index contributed by atoms with van der Waals surface area (Å²) < 4.78 is 29.6. The molecule has 2 aromatic rings. The molecule has 1 aliphatic rings. The number of hydroxylamine groups is 1. The molecule has 0 spiro atoms. The molecule has 0 radical (unpaired) electrons. The Kier molecular flexibility index (Phi) is 16.8. The highest BCUT2D eigenvalue weighted by atomic mass is 32.2. The van der Waals surface area contributed by atoms with Crippen LogP contribution in [0.5, 0.6) is 0 Å². The SMILES string of the molecule is CC(C)C[C@@H](C(=O)NN(CC(C)C)C(=O)CN1CCCCC1)[C@H](CC=Cc1ccccc1)C(=O)NO.Cc1ccc(S(=O)(=O)O)cc1. The first-order valence-electron chi connectivity index (χ1n) is 16.2. The van der Waals surface area contributed by atoms with Crippen LogP contribution in [0.2, 0.25) is 0 Å². The van der Waals surface area contributed by atoms with E-state index in [-0.39, 0.29) is 41.5 Å². The van der Waals surface area contributed by atoms with E-state index < -0.39 is 27.9 Å². The van der Waals surface area contributed by atoms with Crippen LogP contribution in [0.3, 0.4) is 0 Å². The molecule has 2 atom stereocenters. The number of carbonyl (C=O) groups excluding carboxylic acids is 3. The predicted octanol–water partition coefficient (Wildman–Crippen LogP) is 5.12. The van der Waals surface area contributed by atoms with Crippen molar-refractivity contribution in [2.45, 2.75) is 71.6 Å².